The van der Waals surface area contributed by atoms with Crippen molar-refractivity contribution in [3.8, 4) is 5.75 Å². The number of benzene rings is 1. The van der Waals surface area contributed by atoms with Gasteiger partial charge in [-0.2, -0.15) is 0 Å². The van der Waals surface area contributed by atoms with Gasteiger partial charge in [-0.1, -0.05) is 19.9 Å². The van der Waals surface area contributed by atoms with E-state index in [-0.39, 0.29) is 11.8 Å². The molecule has 15 heavy (non-hydrogen) atoms. The SMILES string of the molecule is CSOc1cccc(NC(=O)C(C)C)c1. The van der Waals surface area contributed by atoms with Crippen LogP contribution in [0.1, 0.15) is 13.8 Å². The quantitative estimate of drug-likeness (QED) is 0.801. The van der Waals surface area contributed by atoms with E-state index in [1.54, 1.807) is 6.07 Å². The third-order valence-electron chi connectivity index (χ3n) is 1.81. The minimum absolute atomic E-state index is 0.0105. The van der Waals surface area contributed by atoms with E-state index in [0.29, 0.717) is 0 Å². The number of anilines is 1. The van der Waals surface area contributed by atoms with Crippen molar-refractivity contribution in [2.75, 3.05) is 11.6 Å². The minimum Gasteiger partial charge on any atom is -0.426 e. The van der Waals surface area contributed by atoms with Gasteiger partial charge in [-0.15, -0.1) is 0 Å². The molecule has 1 rings (SSSR count). The maximum atomic E-state index is 11.4. The van der Waals surface area contributed by atoms with Crippen LogP contribution in [0.2, 0.25) is 0 Å². The summed E-state index contributed by atoms with van der Waals surface area (Å²) in [5, 5.41) is 2.81. The van der Waals surface area contributed by atoms with Crippen LogP contribution in [0.3, 0.4) is 0 Å². The molecule has 1 aromatic rings. The summed E-state index contributed by atoms with van der Waals surface area (Å²) in [6.07, 6.45) is 1.85. The number of nitrogens with one attached hydrogen (secondary N) is 1. The van der Waals surface area contributed by atoms with E-state index in [0.717, 1.165) is 11.4 Å². The average molecular weight is 225 g/mol. The largest absolute Gasteiger partial charge is 0.426 e. The first-order chi connectivity index (χ1) is 7.13. The molecular weight excluding hydrogens is 210 g/mol. The van der Waals surface area contributed by atoms with Crippen LogP contribution in [0.4, 0.5) is 5.69 Å². The number of hydrogen-bond acceptors (Lipinski definition) is 3. The fourth-order valence-electron chi connectivity index (χ4n) is 1.01. The summed E-state index contributed by atoms with van der Waals surface area (Å²) >= 11 is 1.28. The molecule has 1 N–H and O–H groups in total. The molecule has 0 aliphatic heterocycles. The van der Waals surface area contributed by atoms with Crippen molar-refractivity contribution in [1.29, 1.82) is 0 Å². The third kappa shape index (κ3) is 3.83. The summed E-state index contributed by atoms with van der Waals surface area (Å²) in [4.78, 5) is 11.4. The zero-order valence-electron chi connectivity index (χ0n) is 9.11. The smallest absolute Gasteiger partial charge is 0.226 e. The fraction of sp³-hybridized carbons (Fsp3) is 0.364. The fourth-order valence-corrected chi connectivity index (χ4v) is 1.30. The van der Waals surface area contributed by atoms with Crippen molar-refractivity contribution >= 4 is 23.6 Å². The highest BCUT2D eigenvalue weighted by atomic mass is 32.2. The van der Waals surface area contributed by atoms with Crippen LogP contribution < -0.4 is 9.50 Å². The van der Waals surface area contributed by atoms with Crippen LogP contribution in [0.5, 0.6) is 5.75 Å². The summed E-state index contributed by atoms with van der Waals surface area (Å²) < 4.78 is 5.25. The Morgan fingerprint density at radius 1 is 1.47 bits per heavy atom. The highest BCUT2D eigenvalue weighted by Crippen LogP contribution is 2.20. The number of rotatable bonds is 4. The molecule has 3 nitrogen and oxygen atoms in total. The van der Waals surface area contributed by atoms with Gasteiger partial charge in [0.15, 0.2) is 0 Å². The van der Waals surface area contributed by atoms with E-state index in [2.05, 4.69) is 5.32 Å². The Labute approximate surface area is 94.4 Å². The zero-order chi connectivity index (χ0) is 11.3. The Balaban J connectivity index is 2.69. The van der Waals surface area contributed by atoms with Crippen molar-refractivity contribution in [1.82, 2.24) is 0 Å². The lowest BCUT2D eigenvalue weighted by molar-refractivity contribution is -0.118. The molecule has 0 aromatic heterocycles. The van der Waals surface area contributed by atoms with Gasteiger partial charge in [-0.25, -0.2) is 0 Å². The van der Waals surface area contributed by atoms with E-state index in [4.69, 9.17) is 4.18 Å². The number of amides is 1. The van der Waals surface area contributed by atoms with Crippen molar-refractivity contribution in [3.63, 3.8) is 0 Å². The second-order valence-corrected chi connectivity index (χ2v) is 3.92. The first-order valence-electron chi connectivity index (χ1n) is 4.75. The number of hydrogen-bond donors (Lipinski definition) is 1. The van der Waals surface area contributed by atoms with Crippen molar-refractivity contribution in [2.24, 2.45) is 5.92 Å². The van der Waals surface area contributed by atoms with Crippen LogP contribution in [0.15, 0.2) is 24.3 Å². The van der Waals surface area contributed by atoms with Crippen LogP contribution in [0.25, 0.3) is 0 Å². The van der Waals surface area contributed by atoms with Gasteiger partial charge in [-0.3, -0.25) is 4.79 Å². The van der Waals surface area contributed by atoms with E-state index >= 15 is 0 Å². The van der Waals surface area contributed by atoms with Gasteiger partial charge in [0.05, 0.1) is 12.0 Å². The molecule has 82 valence electrons. The molecule has 0 saturated carbocycles. The predicted molar refractivity (Wildman–Crippen MR) is 64.1 cm³/mol. The van der Waals surface area contributed by atoms with E-state index in [9.17, 15) is 4.79 Å². The van der Waals surface area contributed by atoms with Gasteiger partial charge in [0.2, 0.25) is 5.91 Å². The van der Waals surface area contributed by atoms with E-state index in [1.807, 2.05) is 38.3 Å². The molecule has 4 heteroatoms. The predicted octanol–water partition coefficient (Wildman–Crippen LogP) is 2.94. The molecule has 1 amide bonds. The number of carbonyl (C=O) groups is 1. The maximum Gasteiger partial charge on any atom is 0.226 e. The lowest BCUT2D eigenvalue weighted by atomic mass is 10.2. The molecule has 0 saturated heterocycles. The minimum atomic E-state index is -0.0184. The molecule has 0 aliphatic rings. The van der Waals surface area contributed by atoms with Crippen LogP contribution in [0, 0.1) is 5.92 Å². The molecule has 0 radical (unpaired) electrons. The molecular formula is C11H15NO2S. The lowest BCUT2D eigenvalue weighted by Crippen LogP contribution is -2.17. The Bertz CT molecular complexity index is 339. The van der Waals surface area contributed by atoms with Crippen molar-refractivity contribution in [2.45, 2.75) is 13.8 Å². The molecule has 0 bridgehead atoms. The summed E-state index contributed by atoms with van der Waals surface area (Å²) in [6, 6.07) is 7.34. The second kappa shape index (κ2) is 5.66. The summed E-state index contributed by atoms with van der Waals surface area (Å²) in [7, 11) is 0. The first kappa shape index (κ1) is 11.9. The van der Waals surface area contributed by atoms with Crippen LogP contribution >= 0.6 is 12.0 Å². The van der Waals surface area contributed by atoms with Gasteiger partial charge in [0.25, 0.3) is 0 Å². The third-order valence-corrected chi connectivity index (χ3v) is 2.16. The molecule has 1 aromatic carbocycles. The van der Waals surface area contributed by atoms with E-state index < -0.39 is 0 Å². The summed E-state index contributed by atoms with van der Waals surface area (Å²) in [5.74, 6) is 0.732. The van der Waals surface area contributed by atoms with Gasteiger partial charge in [0, 0.05) is 23.9 Å². The van der Waals surface area contributed by atoms with E-state index in [1.165, 1.54) is 12.0 Å². The maximum absolute atomic E-state index is 11.4. The van der Waals surface area contributed by atoms with Crippen molar-refractivity contribution < 1.29 is 8.98 Å². The summed E-state index contributed by atoms with van der Waals surface area (Å²) in [5.41, 5.74) is 0.764. The monoisotopic (exact) mass is 225 g/mol. The molecule has 0 aliphatic carbocycles. The van der Waals surface area contributed by atoms with Crippen LogP contribution in [-0.4, -0.2) is 12.2 Å². The van der Waals surface area contributed by atoms with Gasteiger partial charge >= 0.3 is 0 Å². The normalized spacial score (nSPS) is 10.1. The van der Waals surface area contributed by atoms with Crippen molar-refractivity contribution in [3.05, 3.63) is 24.3 Å². The second-order valence-electron chi connectivity index (χ2n) is 3.42. The Morgan fingerprint density at radius 2 is 2.20 bits per heavy atom. The summed E-state index contributed by atoms with van der Waals surface area (Å²) in [6.45, 7) is 3.72. The zero-order valence-corrected chi connectivity index (χ0v) is 9.93. The molecule has 0 heterocycles. The Kier molecular flexibility index (Phi) is 4.49. The first-order valence-corrected chi connectivity index (χ1v) is 5.90. The molecule has 0 spiro atoms. The Hall–Kier alpha value is -1.16. The Morgan fingerprint density at radius 3 is 2.80 bits per heavy atom. The standard InChI is InChI=1S/C11H15NO2S/c1-8(2)11(13)12-9-5-4-6-10(7-9)14-15-3/h4-8H,1-3H3,(H,12,13). The molecule has 0 fully saturated rings. The van der Waals surface area contributed by atoms with Gasteiger partial charge in [-0.05, 0) is 12.1 Å². The van der Waals surface area contributed by atoms with Gasteiger partial charge < -0.3 is 9.50 Å². The topological polar surface area (TPSA) is 38.3 Å². The van der Waals surface area contributed by atoms with Gasteiger partial charge in [0.1, 0.15) is 5.75 Å². The average Bonchev–Trinajstić information content (AvgIpc) is 2.18. The molecule has 0 atom stereocenters. The highest BCUT2D eigenvalue weighted by Gasteiger charge is 2.07. The number of carbonyl (C=O) groups excluding carboxylic acids is 1. The molecule has 0 unspecified atom stereocenters. The van der Waals surface area contributed by atoms with Crippen LogP contribution in [-0.2, 0) is 4.79 Å². The lowest BCUT2D eigenvalue weighted by Gasteiger charge is -2.08. The highest BCUT2D eigenvalue weighted by molar-refractivity contribution is 7.94.